The van der Waals surface area contributed by atoms with Crippen molar-refractivity contribution >= 4 is 22.7 Å². The Labute approximate surface area is 141 Å². The number of pyridine rings is 1. The highest BCUT2D eigenvalue weighted by Gasteiger charge is 2.19. The zero-order valence-corrected chi connectivity index (χ0v) is 14.4. The molecule has 1 aromatic heterocycles. The van der Waals surface area contributed by atoms with Gasteiger partial charge >= 0.3 is 0 Å². The van der Waals surface area contributed by atoms with E-state index in [-0.39, 0.29) is 16.7 Å². The summed E-state index contributed by atoms with van der Waals surface area (Å²) in [6.45, 7) is 6.77. The van der Waals surface area contributed by atoms with Crippen LogP contribution in [0.2, 0.25) is 0 Å². The molecule has 0 spiro atoms. The molecule has 4 nitrogen and oxygen atoms in total. The van der Waals surface area contributed by atoms with Crippen LogP contribution in [0.4, 0.5) is 0 Å². The summed E-state index contributed by atoms with van der Waals surface area (Å²) in [6, 6.07) is 1.82. The molecule has 0 saturated heterocycles. The highest BCUT2D eigenvalue weighted by atomic mass is 32.1. The Morgan fingerprint density at radius 2 is 2.13 bits per heavy atom. The van der Waals surface area contributed by atoms with E-state index in [0.717, 1.165) is 16.9 Å². The van der Waals surface area contributed by atoms with Crippen molar-refractivity contribution in [2.24, 2.45) is 5.41 Å². The highest BCUT2D eigenvalue weighted by Crippen LogP contribution is 2.30. The molecule has 0 atom stereocenters. The van der Waals surface area contributed by atoms with Gasteiger partial charge < -0.3 is 9.67 Å². The van der Waals surface area contributed by atoms with Crippen LogP contribution in [-0.2, 0) is 6.54 Å². The van der Waals surface area contributed by atoms with Gasteiger partial charge in [-0.1, -0.05) is 45.1 Å². The quantitative estimate of drug-likeness (QED) is 0.861. The van der Waals surface area contributed by atoms with Crippen LogP contribution < -0.4 is 5.56 Å². The molecular weight excluding hydrogens is 308 g/mol. The lowest BCUT2D eigenvalue weighted by Gasteiger charge is -2.20. The first-order chi connectivity index (χ1) is 10.7. The maximum Gasteiger partial charge on any atom is 0.272 e. The molecule has 0 amide bonds. The van der Waals surface area contributed by atoms with E-state index in [1.807, 2.05) is 18.2 Å². The lowest BCUT2D eigenvalue weighted by molar-refractivity contribution is 0.347. The zero-order valence-electron chi connectivity index (χ0n) is 13.6. The van der Waals surface area contributed by atoms with E-state index in [0.29, 0.717) is 18.5 Å². The van der Waals surface area contributed by atoms with Crippen LogP contribution in [0, 0.1) is 16.7 Å². The second kappa shape index (κ2) is 6.51. The van der Waals surface area contributed by atoms with Crippen LogP contribution in [-0.4, -0.2) is 14.5 Å². The molecule has 0 aromatic carbocycles. The van der Waals surface area contributed by atoms with Gasteiger partial charge in [-0.05, 0) is 23.5 Å². The fourth-order valence-electron chi connectivity index (χ4n) is 2.34. The van der Waals surface area contributed by atoms with Crippen molar-refractivity contribution in [1.29, 1.82) is 5.26 Å². The molecule has 5 heteroatoms. The first-order valence-electron chi connectivity index (χ1n) is 7.51. The fraction of sp³-hybridized carbons (Fsp3) is 0.389. The minimum atomic E-state index is -0.457. The first kappa shape index (κ1) is 17.2. The molecule has 120 valence electrons. The van der Waals surface area contributed by atoms with E-state index in [9.17, 15) is 15.2 Å². The minimum Gasteiger partial charge on any atom is -0.506 e. The molecule has 0 aliphatic heterocycles. The molecule has 1 aliphatic carbocycles. The van der Waals surface area contributed by atoms with Crippen molar-refractivity contribution in [2.45, 2.75) is 40.2 Å². The largest absolute Gasteiger partial charge is 0.506 e. The number of aryl methyl sites for hydroxylation is 1. The maximum absolute atomic E-state index is 12.4. The van der Waals surface area contributed by atoms with Crippen molar-refractivity contribution in [1.82, 2.24) is 4.57 Å². The maximum atomic E-state index is 12.4. The number of hydrogen-bond donors (Lipinski definition) is 1. The van der Waals surface area contributed by atoms with Gasteiger partial charge in [0.25, 0.3) is 5.56 Å². The third kappa shape index (κ3) is 3.96. The van der Waals surface area contributed by atoms with Crippen LogP contribution >= 0.6 is 12.2 Å². The summed E-state index contributed by atoms with van der Waals surface area (Å²) >= 11 is 5.20. The van der Waals surface area contributed by atoms with Crippen molar-refractivity contribution in [2.75, 3.05) is 0 Å². The topological polar surface area (TPSA) is 66.0 Å². The lowest BCUT2D eigenvalue weighted by atomic mass is 9.92. The smallest absolute Gasteiger partial charge is 0.272 e. The summed E-state index contributed by atoms with van der Waals surface area (Å²) < 4.78 is 1.51. The summed E-state index contributed by atoms with van der Waals surface area (Å²) in [5.74, 6) is -0.273. The summed E-state index contributed by atoms with van der Waals surface area (Å²) in [7, 11) is 0. The Hall–Kier alpha value is -2.19. The average Bonchev–Trinajstić information content (AvgIpc) is 2.46. The average molecular weight is 328 g/mol. The van der Waals surface area contributed by atoms with Gasteiger partial charge in [-0.25, -0.2) is 0 Å². The molecule has 1 aromatic rings. The van der Waals surface area contributed by atoms with Gasteiger partial charge in [0.15, 0.2) is 5.56 Å². The summed E-state index contributed by atoms with van der Waals surface area (Å²) in [6.07, 6.45) is 8.65. The Morgan fingerprint density at radius 3 is 2.70 bits per heavy atom. The Kier molecular flexibility index (Phi) is 4.86. The van der Waals surface area contributed by atoms with Crippen molar-refractivity contribution < 1.29 is 5.11 Å². The van der Waals surface area contributed by atoms with E-state index in [1.54, 1.807) is 12.3 Å². The number of thiocarbonyl (C=S) groups is 1. The number of rotatable bonds is 3. The number of nitriles is 1. The standard InChI is InChI=1S/C18H20N2O2S/c1-18(2,3)7-8-20-11-15(12-5-4-6-13(23)9-12)16(21)14(10-19)17(20)22/h4-5,9,11,21H,6-8H2,1-3H3. The number of hydrogen-bond acceptors (Lipinski definition) is 4. The molecule has 0 fully saturated rings. The second-order valence-electron chi connectivity index (χ2n) is 6.86. The van der Waals surface area contributed by atoms with E-state index >= 15 is 0 Å². The fourth-order valence-corrected chi connectivity index (χ4v) is 2.56. The molecule has 2 rings (SSSR count). The monoisotopic (exact) mass is 328 g/mol. The van der Waals surface area contributed by atoms with Crippen molar-refractivity contribution in [3.63, 3.8) is 0 Å². The summed E-state index contributed by atoms with van der Waals surface area (Å²) in [5.41, 5.74) is 0.576. The second-order valence-corrected chi connectivity index (χ2v) is 7.38. The molecule has 0 saturated carbocycles. The number of aromatic hydroxyl groups is 1. The predicted octanol–water partition coefficient (Wildman–Crippen LogP) is 3.57. The SMILES string of the molecule is CC(C)(C)CCn1cc(C2=CC(=S)CC=C2)c(O)c(C#N)c1=O. The van der Waals surface area contributed by atoms with Crippen molar-refractivity contribution in [3.05, 3.63) is 45.9 Å². The van der Waals surface area contributed by atoms with Crippen LogP contribution in [0.5, 0.6) is 5.75 Å². The minimum absolute atomic E-state index is 0.0653. The van der Waals surface area contributed by atoms with Gasteiger partial charge in [-0.3, -0.25) is 4.79 Å². The molecule has 1 N–H and O–H groups in total. The number of aromatic nitrogens is 1. The molecule has 0 radical (unpaired) electrons. The third-order valence-electron chi connectivity index (χ3n) is 3.71. The van der Waals surface area contributed by atoms with E-state index in [2.05, 4.69) is 20.8 Å². The first-order valence-corrected chi connectivity index (χ1v) is 7.92. The van der Waals surface area contributed by atoms with E-state index in [4.69, 9.17) is 12.2 Å². The van der Waals surface area contributed by atoms with Crippen LogP contribution in [0.1, 0.15) is 44.7 Å². The molecule has 0 bridgehead atoms. The van der Waals surface area contributed by atoms with E-state index in [1.165, 1.54) is 4.57 Å². The Bertz CT molecular complexity index is 802. The van der Waals surface area contributed by atoms with Gasteiger partial charge in [0, 0.05) is 29.6 Å². The molecule has 1 heterocycles. The summed E-state index contributed by atoms with van der Waals surface area (Å²) in [5, 5.41) is 19.5. The van der Waals surface area contributed by atoms with Crippen LogP contribution in [0.15, 0.2) is 29.2 Å². The van der Waals surface area contributed by atoms with Gasteiger partial charge in [0.05, 0.1) is 0 Å². The van der Waals surface area contributed by atoms with Crippen LogP contribution in [0.25, 0.3) is 5.57 Å². The normalized spacial score (nSPS) is 14.5. The van der Waals surface area contributed by atoms with Gasteiger partial charge in [0.2, 0.25) is 0 Å². The number of allylic oxidation sites excluding steroid dienone is 4. The van der Waals surface area contributed by atoms with Gasteiger partial charge in [-0.15, -0.1) is 0 Å². The Morgan fingerprint density at radius 1 is 1.43 bits per heavy atom. The Balaban J connectivity index is 2.56. The van der Waals surface area contributed by atoms with Crippen molar-refractivity contribution in [3.8, 4) is 11.8 Å². The van der Waals surface area contributed by atoms with E-state index < -0.39 is 5.56 Å². The molecular formula is C18H20N2O2S. The zero-order chi connectivity index (χ0) is 17.2. The van der Waals surface area contributed by atoms with Gasteiger partial charge in [-0.2, -0.15) is 5.26 Å². The molecule has 0 unspecified atom stereocenters. The predicted molar refractivity (Wildman–Crippen MR) is 95.5 cm³/mol. The third-order valence-corrected chi connectivity index (χ3v) is 3.99. The molecule has 23 heavy (non-hydrogen) atoms. The lowest BCUT2D eigenvalue weighted by Crippen LogP contribution is -2.25. The van der Waals surface area contributed by atoms with Crippen LogP contribution in [0.3, 0.4) is 0 Å². The number of nitrogens with zero attached hydrogens (tertiary/aromatic N) is 2. The van der Waals surface area contributed by atoms with Gasteiger partial charge in [0.1, 0.15) is 11.8 Å². The molecule has 1 aliphatic rings. The summed E-state index contributed by atoms with van der Waals surface area (Å²) in [4.78, 5) is 13.1. The highest BCUT2D eigenvalue weighted by molar-refractivity contribution is 7.80.